The summed E-state index contributed by atoms with van der Waals surface area (Å²) in [5.74, 6) is 0.722. The number of ether oxygens (including phenoxy) is 1. The number of hydrogen-bond donors (Lipinski definition) is 0. The van der Waals surface area contributed by atoms with Crippen LogP contribution >= 0.6 is 0 Å². The molecule has 0 bridgehead atoms. The normalized spacial score (nSPS) is 21.8. The maximum Gasteiger partial charge on any atom is 0.311 e. The molecule has 5 heteroatoms. The monoisotopic (exact) mass is 291 g/mol. The van der Waals surface area contributed by atoms with Crippen LogP contribution in [-0.4, -0.2) is 16.8 Å². The molecule has 0 spiro atoms. The molecule has 1 saturated carbocycles. The molecule has 114 valence electrons. The molecule has 1 aromatic rings. The van der Waals surface area contributed by atoms with Crippen molar-refractivity contribution < 1.29 is 14.5 Å². The van der Waals surface area contributed by atoms with E-state index in [0.717, 1.165) is 25.7 Å². The van der Waals surface area contributed by atoms with E-state index in [4.69, 9.17) is 4.74 Å². The largest absolute Gasteiger partial charge is 0.483 e. The number of nitro benzene ring substituents is 1. The van der Waals surface area contributed by atoms with E-state index in [0.29, 0.717) is 11.5 Å². The van der Waals surface area contributed by atoms with Crippen molar-refractivity contribution in [2.75, 3.05) is 0 Å². The van der Waals surface area contributed by atoms with Gasteiger partial charge in [0.1, 0.15) is 0 Å². The van der Waals surface area contributed by atoms with Crippen LogP contribution in [0.4, 0.5) is 5.69 Å². The summed E-state index contributed by atoms with van der Waals surface area (Å²) in [6, 6.07) is 4.44. The van der Waals surface area contributed by atoms with E-state index in [2.05, 4.69) is 6.92 Å². The average Bonchev–Trinajstić information content (AvgIpc) is 2.47. The fourth-order valence-corrected chi connectivity index (χ4v) is 2.88. The zero-order valence-corrected chi connectivity index (χ0v) is 12.5. The van der Waals surface area contributed by atoms with Gasteiger partial charge in [0.25, 0.3) is 0 Å². The second-order valence-corrected chi connectivity index (χ2v) is 5.68. The molecule has 0 N–H and O–H groups in total. The Kier molecular flexibility index (Phi) is 4.94. The molecule has 0 heterocycles. The average molecular weight is 291 g/mol. The summed E-state index contributed by atoms with van der Waals surface area (Å²) in [6.07, 6.45) is 5.34. The van der Waals surface area contributed by atoms with Crippen molar-refractivity contribution in [3.63, 3.8) is 0 Å². The summed E-state index contributed by atoms with van der Waals surface area (Å²) in [4.78, 5) is 22.0. The standard InChI is InChI=1S/C16H21NO4/c1-3-12-5-4-6-14(9-12)21-16-8-7-13(11(2)18)10-15(16)17(19)20/h7-8,10,12,14H,3-6,9H2,1-2H3. The van der Waals surface area contributed by atoms with Crippen LogP contribution in [0.1, 0.15) is 56.3 Å². The van der Waals surface area contributed by atoms with Crippen molar-refractivity contribution in [2.45, 2.75) is 52.1 Å². The molecule has 2 atom stereocenters. The number of ketones is 1. The van der Waals surface area contributed by atoms with E-state index in [1.807, 2.05) is 0 Å². The minimum atomic E-state index is -0.484. The first kappa shape index (κ1) is 15.5. The third-order valence-corrected chi connectivity index (χ3v) is 4.17. The van der Waals surface area contributed by atoms with Crippen LogP contribution in [0.3, 0.4) is 0 Å². The van der Waals surface area contributed by atoms with Gasteiger partial charge in [0.05, 0.1) is 11.0 Å². The number of nitrogens with zero attached hydrogens (tertiary/aromatic N) is 1. The van der Waals surface area contributed by atoms with Crippen molar-refractivity contribution in [1.29, 1.82) is 0 Å². The Morgan fingerprint density at radius 3 is 2.81 bits per heavy atom. The molecule has 0 amide bonds. The Balaban J connectivity index is 2.19. The summed E-state index contributed by atoms with van der Waals surface area (Å²) < 4.78 is 5.86. The Labute approximate surface area is 124 Å². The molecular weight excluding hydrogens is 270 g/mol. The van der Waals surface area contributed by atoms with Gasteiger partial charge in [-0.05, 0) is 44.2 Å². The lowest BCUT2D eigenvalue weighted by atomic mass is 9.85. The van der Waals surface area contributed by atoms with Gasteiger partial charge in [-0.15, -0.1) is 0 Å². The highest BCUT2D eigenvalue weighted by atomic mass is 16.6. The lowest BCUT2D eigenvalue weighted by Crippen LogP contribution is -2.25. The third kappa shape index (κ3) is 3.80. The second-order valence-electron chi connectivity index (χ2n) is 5.68. The highest BCUT2D eigenvalue weighted by molar-refractivity contribution is 5.95. The summed E-state index contributed by atoms with van der Waals surface area (Å²) in [5, 5.41) is 11.2. The smallest absolute Gasteiger partial charge is 0.311 e. The summed E-state index contributed by atoms with van der Waals surface area (Å²) in [6.45, 7) is 3.56. The molecule has 0 saturated heterocycles. The minimum Gasteiger partial charge on any atom is -0.483 e. The highest BCUT2D eigenvalue weighted by Gasteiger charge is 2.25. The van der Waals surface area contributed by atoms with E-state index in [9.17, 15) is 14.9 Å². The lowest BCUT2D eigenvalue weighted by Gasteiger charge is -2.28. The van der Waals surface area contributed by atoms with E-state index < -0.39 is 4.92 Å². The van der Waals surface area contributed by atoms with Crippen LogP contribution in [0, 0.1) is 16.0 Å². The molecule has 0 aromatic heterocycles. The molecule has 21 heavy (non-hydrogen) atoms. The van der Waals surface area contributed by atoms with Crippen molar-refractivity contribution in [2.24, 2.45) is 5.92 Å². The Morgan fingerprint density at radius 2 is 2.19 bits per heavy atom. The first-order valence-corrected chi connectivity index (χ1v) is 7.47. The number of carbonyl (C=O) groups excluding carboxylic acids is 1. The van der Waals surface area contributed by atoms with E-state index in [1.54, 1.807) is 12.1 Å². The molecule has 1 aromatic carbocycles. The zero-order chi connectivity index (χ0) is 15.4. The second kappa shape index (κ2) is 6.70. The Bertz CT molecular complexity index is 541. The highest BCUT2D eigenvalue weighted by Crippen LogP contribution is 2.34. The predicted octanol–water partition coefficient (Wildman–Crippen LogP) is 4.15. The van der Waals surface area contributed by atoms with Crippen molar-refractivity contribution >= 4 is 11.5 Å². The van der Waals surface area contributed by atoms with Gasteiger partial charge in [0.15, 0.2) is 11.5 Å². The fraction of sp³-hybridized carbons (Fsp3) is 0.562. The van der Waals surface area contributed by atoms with Crippen LogP contribution < -0.4 is 4.74 Å². The van der Waals surface area contributed by atoms with Crippen molar-refractivity contribution in [1.82, 2.24) is 0 Å². The molecule has 0 radical (unpaired) electrons. The first-order valence-electron chi connectivity index (χ1n) is 7.47. The maximum absolute atomic E-state index is 11.3. The Hall–Kier alpha value is -1.91. The quantitative estimate of drug-likeness (QED) is 0.464. The number of rotatable bonds is 5. The number of benzene rings is 1. The maximum atomic E-state index is 11.3. The SMILES string of the molecule is CCC1CCCC(Oc2ccc(C(C)=O)cc2[N+](=O)[O-])C1. The molecule has 5 nitrogen and oxygen atoms in total. The Morgan fingerprint density at radius 1 is 1.43 bits per heavy atom. The van der Waals surface area contributed by atoms with Gasteiger partial charge in [-0.25, -0.2) is 0 Å². The van der Waals surface area contributed by atoms with Crippen LogP contribution in [0.15, 0.2) is 18.2 Å². The number of carbonyl (C=O) groups is 1. The molecule has 0 aliphatic heterocycles. The molecule has 2 rings (SSSR count). The number of hydrogen-bond acceptors (Lipinski definition) is 4. The minimum absolute atomic E-state index is 0.0329. The van der Waals surface area contributed by atoms with Gasteiger partial charge in [-0.3, -0.25) is 14.9 Å². The van der Waals surface area contributed by atoms with E-state index in [1.165, 1.54) is 19.4 Å². The van der Waals surface area contributed by atoms with Gasteiger partial charge in [-0.1, -0.05) is 19.8 Å². The van der Waals surface area contributed by atoms with Crippen molar-refractivity contribution in [3.05, 3.63) is 33.9 Å². The van der Waals surface area contributed by atoms with Crippen LogP contribution in [0.2, 0.25) is 0 Å². The molecule has 1 aliphatic carbocycles. The molecule has 2 unspecified atom stereocenters. The summed E-state index contributed by atoms with van der Waals surface area (Å²) >= 11 is 0. The van der Waals surface area contributed by atoms with Crippen LogP contribution in [0.25, 0.3) is 0 Å². The van der Waals surface area contributed by atoms with Crippen LogP contribution in [-0.2, 0) is 0 Å². The third-order valence-electron chi connectivity index (χ3n) is 4.17. The van der Waals surface area contributed by atoms with Crippen molar-refractivity contribution in [3.8, 4) is 5.75 Å². The predicted molar refractivity (Wildman–Crippen MR) is 79.8 cm³/mol. The van der Waals surface area contributed by atoms with Gasteiger partial charge < -0.3 is 4.74 Å². The summed E-state index contributed by atoms with van der Waals surface area (Å²) in [5.41, 5.74) is 0.213. The zero-order valence-electron chi connectivity index (χ0n) is 12.5. The van der Waals surface area contributed by atoms with Gasteiger partial charge >= 0.3 is 5.69 Å². The van der Waals surface area contributed by atoms with E-state index >= 15 is 0 Å². The lowest BCUT2D eigenvalue weighted by molar-refractivity contribution is -0.386. The van der Waals surface area contributed by atoms with Gasteiger partial charge in [-0.2, -0.15) is 0 Å². The fourth-order valence-electron chi connectivity index (χ4n) is 2.88. The number of Topliss-reactive ketones (excluding diaryl/α,β-unsaturated/α-hetero) is 1. The summed E-state index contributed by atoms with van der Waals surface area (Å²) in [7, 11) is 0. The van der Waals surface area contributed by atoms with Crippen LogP contribution in [0.5, 0.6) is 5.75 Å². The van der Waals surface area contributed by atoms with Gasteiger partial charge in [0.2, 0.25) is 0 Å². The molecule has 1 fully saturated rings. The number of nitro groups is 1. The van der Waals surface area contributed by atoms with E-state index in [-0.39, 0.29) is 23.3 Å². The first-order chi connectivity index (χ1) is 10.0. The van der Waals surface area contributed by atoms with Gasteiger partial charge in [0, 0.05) is 11.6 Å². The molecular formula is C16H21NO4. The topological polar surface area (TPSA) is 69.4 Å². The molecule has 1 aliphatic rings.